The third-order valence-corrected chi connectivity index (χ3v) is 14.5. The lowest BCUT2D eigenvalue weighted by atomic mass is 9.66. The molecule has 2 aromatic heterocycles. The van der Waals surface area contributed by atoms with Gasteiger partial charge in [-0.2, -0.15) is 0 Å². The number of fused-ring (bicyclic) bond motifs is 14. The van der Waals surface area contributed by atoms with Crippen molar-refractivity contribution < 1.29 is 0 Å². The fraction of sp³-hybridized carbons (Fsp3) is 0.0909. The van der Waals surface area contributed by atoms with E-state index >= 15 is 0 Å². The molecule has 0 N–H and O–H groups in total. The molecule has 13 rings (SSSR count). The summed E-state index contributed by atoms with van der Waals surface area (Å²) in [5.74, 6) is 1.27. The standard InChI is InChI=1S/C55H36N2S/c1-31-43-30-45-37-17-7-6-16-36(37)29-44-41-28-27-34-15-5-8-18-38(34)48(41)52(50(44)45)49(43)40-20-10-9-19-39(40)47(31)53-51-42-21-11-12-22-46(42)58-55(51)57-54(56-53)35-25-23-33(24-26-35)32-13-3-2-4-14-32/h2-28,30-31,44,47H,29H2,1H3/t31?,44?,47-/m0/s1. The van der Waals surface area contributed by atoms with E-state index in [-0.39, 0.29) is 11.8 Å². The van der Waals surface area contributed by atoms with Gasteiger partial charge in [-0.25, -0.2) is 9.97 Å². The fourth-order valence-electron chi connectivity index (χ4n) is 10.9. The molecule has 3 aliphatic carbocycles. The highest BCUT2D eigenvalue weighted by Crippen LogP contribution is 2.63. The number of benzene rings is 8. The van der Waals surface area contributed by atoms with E-state index in [1.807, 2.05) is 0 Å². The van der Waals surface area contributed by atoms with Crippen LogP contribution in [0.15, 0.2) is 170 Å². The number of nitrogens with zero attached hydrogens (tertiary/aromatic N) is 2. The number of hydrogen-bond acceptors (Lipinski definition) is 3. The van der Waals surface area contributed by atoms with E-state index in [1.165, 1.54) is 98.6 Å². The predicted molar refractivity (Wildman–Crippen MR) is 242 cm³/mol. The summed E-state index contributed by atoms with van der Waals surface area (Å²) >= 11 is 1.78. The minimum absolute atomic E-state index is 0.0165. The molecule has 3 aliphatic rings. The van der Waals surface area contributed by atoms with Gasteiger partial charge in [0, 0.05) is 32.9 Å². The van der Waals surface area contributed by atoms with Crippen molar-refractivity contribution in [3.05, 3.63) is 203 Å². The average Bonchev–Trinajstić information content (AvgIpc) is 3.83. The first kappa shape index (κ1) is 32.4. The zero-order valence-electron chi connectivity index (χ0n) is 31.9. The van der Waals surface area contributed by atoms with Gasteiger partial charge in [-0.15, -0.1) is 11.3 Å². The monoisotopic (exact) mass is 756 g/mol. The summed E-state index contributed by atoms with van der Waals surface area (Å²) in [4.78, 5) is 12.1. The largest absolute Gasteiger partial charge is 0.232 e. The molecule has 0 saturated heterocycles. The summed E-state index contributed by atoms with van der Waals surface area (Å²) in [5.41, 5.74) is 20.1. The second-order valence-electron chi connectivity index (χ2n) is 16.3. The lowest BCUT2D eigenvalue weighted by Crippen LogP contribution is -2.20. The first-order chi connectivity index (χ1) is 28.7. The third kappa shape index (κ3) is 4.48. The molecule has 272 valence electrons. The van der Waals surface area contributed by atoms with Crippen LogP contribution in [0.1, 0.15) is 58.2 Å². The Morgan fingerprint density at radius 2 is 1.22 bits per heavy atom. The van der Waals surface area contributed by atoms with Crippen LogP contribution in [0.3, 0.4) is 0 Å². The molecule has 0 bridgehead atoms. The van der Waals surface area contributed by atoms with Gasteiger partial charge in [0.1, 0.15) is 4.83 Å². The quantitative estimate of drug-likeness (QED) is 0.179. The summed E-state index contributed by atoms with van der Waals surface area (Å²) in [6, 6.07) is 62.9. The fourth-order valence-corrected chi connectivity index (χ4v) is 12.0. The maximum absolute atomic E-state index is 5.69. The van der Waals surface area contributed by atoms with E-state index in [0.717, 1.165) is 28.3 Å². The Bertz CT molecular complexity index is 3340. The second-order valence-corrected chi connectivity index (χ2v) is 17.4. The molecule has 3 heteroatoms. The molecule has 0 amide bonds. The van der Waals surface area contributed by atoms with Crippen LogP contribution in [0.2, 0.25) is 0 Å². The molecule has 8 aromatic carbocycles. The van der Waals surface area contributed by atoms with E-state index in [2.05, 4.69) is 177 Å². The van der Waals surface area contributed by atoms with Crippen LogP contribution in [0, 0.1) is 0 Å². The molecule has 3 atom stereocenters. The van der Waals surface area contributed by atoms with Crippen LogP contribution in [0.25, 0.3) is 87.0 Å². The molecular weight excluding hydrogens is 721 g/mol. The molecular formula is C55H36N2S. The van der Waals surface area contributed by atoms with Gasteiger partial charge in [0.25, 0.3) is 0 Å². The van der Waals surface area contributed by atoms with Crippen molar-refractivity contribution in [2.75, 3.05) is 0 Å². The molecule has 0 saturated carbocycles. The van der Waals surface area contributed by atoms with Gasteiger partial charge in [0.05, 0.1) is 5.69 Å². The highest BCUT2D eigenvalue weighted by molar-refractivity contribution is 7.25. The lowest BCUT2D eigenvalue weighted by molar-refractivity contribution is 0.638. The number of hydrogen-bond donors (Lipinski definition) is 0. The van der Waals surface area contributed by atoms with E-state index in [9.17, 15) is 0 Å². The Morgan fingerprint density at radius 1 is 0.517 bits per heavy atom. The average molecular weight is 757 g/mol. The zero-order valence-corrected chi connectivity index (χ0v) is 32.7. The van der Waals surface area contributed by atoms with Gasteiger partial charge in [0.15, 0.2) is 5.82 Å². The van der Waals surface area contributed by atoms with Crippen molar-refractivity contribution in [2.24, 2.45) is 0 Å². The maximum atomic E-state index is 5.69. The van der Waals surface area contributed by atoms with Crippen LogP contribution >= 0.6 is 11.3 Å². The summed E-state index contributed by atoms with van der Waals surface area (Å²) in [6.07, 6.45) is 1.03. The van der Waals surface area contributed by atoms with E-state index in [0.29, 0.717) is 5.92 Å². The van der Waals surface area contributed by atoms with Gasteiger partial charge in [-0.05, 0) is 108 Å². The molecule has 58 heavy (non-hydrogen) atoms. The van der Waals surface area contributed by atoms with E-state index in [4.69, 9.17) is 9.97 Å². The van der Waals surface area contributed by atoms with Crippen molar-refractivity contribution >= 4 is 42.4 Å². The first-order valence-corrected chi connectivity index (χ1v) is 21.3. The van der Waals surface area contributed by atoms with E-state index < -0.39 is 0 Å². The molecule has 0 spiro atoms. The van der Waals surface area contributed by atoms with Crippen LogP contribution in [0.5, 0.6) is 0 Å². The summed E-state index contributed by atoms with van der Waals surface area (Å²) in [7, 11) is 0. The highest BCUT2D eigenvalue weighted by Gasteiger charge is 2.43. The minimum Gasteiger partial charge on any atom is -0.232 e. The predicted octanol–water partition coefficient (Wildman–Crippen LogP) is 14.6. The van der Waals surface area contributed by atoms with Crippen LogP contribution in [-0.2, 0) is 6.42 Å². The normalized spacial score (nSPS) is 17.2. The van der Waals surface area contributed by atoms with Gasteiger partial charge in [-0.3, -0.25) is 0 Å². The Balaban J connectivity index is 1.09. The second kappa shape index (κ2) is 12.2. The molecule has 2 nitrogen and oxygen atoms in total. The molecule has 0 fully saturated rings. The van der Waals surface area contributed by atoms with Gasteiger partial charge < -0.3 is 0 Å². The van der Waals surface area contributed by atoms with Crippen molar-refractivity contribution in [3.8, 4) is 55.9 Å². The van der Waals surface area contributed by atoms with Gasteiger partial charge in [0.2, 0.25) is 0 Å². The Hall–Kier alpha value is -6.68. The van der Waals surface area contributed by atoms with Crippen molar-refractivity contribution in [1.29, 1.82) is 0 Å². The smallest absolute Gasteiger partial charge is 0.161 e. The van der Waals surface area contributed by atoms with Crippen molar-refractivity contribution in [2.45, 2.75) is 31.1 Å². The summed E-state index contributed by atoms with van der Waals surface area (Å²) < 4.78 is 1.25. The van der Waals surface area contributed by atoms with Crippen LogP contribution in [-0.4, -0.2) is 9.97 Å². The highest BCUT2D eigenvalue weighted by atomic mass is 32.1. The molecule has 2 heterocycles. The third-order valence-electron chi connectivity index (χ3n) is 13.4. The maximum Gasteiger partial charge on any atom is 0.161 e. The summed E-state index contributed by atoms with van der Waals surface area (Å²) in [5, 5.41) is 5.08. The Labute approximate surface area is 341 Å². The molecule has 0 aliphatic heterocycles. The number of thiophene rings is 1. The number of aromatic nitrogens is 2. The first-order valence-electron chi connectivity index (χ1n) is 20.4. The minimum atomic E-state index is 0.0165. The Morgan fingerprint density at radius 3 is 2.10 bits per heavy atom. The van der Waals surface area contributed by atoms with Gasteiger partial charge >= 0.3 is 0 Å². The van der Waals surface area contributed by atoms with Crippen LogP contribution in [0.4, 0.5) is 0 Å². The van der Waals surface area contributed by atoms with Crippen molar-refractivity contribution in [3.63, 3.8) is 0 Å². The van der Waals surface area contributed by atoms with Crippen LogP contribution < -0.4 is 0 Å². The zero-order chi connectivity index (χ0) is 38.1. The molecule has 2 unspecified atom stereocenters. The summed E-state index contributed by atoms with van der Waals surface area (Å²) in [6.45, 7) is 2.46. The molecule has 10 aromatic rings. The lowest BCUT2D eigenvalue weighted by Gasteiger charge is -2.37. The van der Waals surface area contributed by atoms with Gasteiger partial charge in [-0.1, -0.05) is 165 Å². The SMILES string of the molecule is CC1c2cc3c4c(c2-c2ccccc2[C@H]1c1nc(-c2ccc(-c5ccccc5)cc2)nc2sc5ccccc5c12)-c1c(ccc2ccccc12)C4Cc1ccccc1-3. The van der Waals surface area contributed by atoms with E-state index in [1.54, 1.807) is 11.3 Å². The topological polar surface area (TPSA) is 25.8 Å². The molecule has 0 radical (unpaired) electrons. The Kier molecular flexibility index (Phi) is 6.80. The number of rotatable bonds is 3. The van der Waals surface area contributed by atoms with Crippen molar-refractivity contribution in [1.82, 2.24) is 9.97 Å².